The molecule has 0 spiro atoms. The molecule has 0 aliphatic heterocycles. The number of aromatic nitrogens is 3. The van der Waals surface area contributed by atoms with E-state index in [4.69, 9.17) is 15.0 Å². The first-order chi connectivity index (χ1) is 38.7. The second kappa shape index (κ2) is 18.8. The van der Waals surface area contributed by atoms with Gasteiger partial charge in [0, 0.05) is 18.6 Å². The Morgan fingerprint density at radius 3 is 0.722 bits per heavy atom. The van der Waals surface area contributed by atoms with Crippen molar-refractivity contribution in [3.8, 4) is 66.8 Å². The van der Waals surface area contributed by atoms with Crippen molar-refractivity contribution in [1.82, 2.24) is 15.0 Å². The average Bonchev–Trinajstić information content (AvgIpc) is 3.70. The number of pyridine rings is 3. The molecule has 0 bridgehead atoms. The minimum atomic E-state index is 0. The number of rotatable bonds is 6. The summed E-state index contributed by atoms with van der Waals surface area (Å²) in [6, 6.07) is 96.9. The monoisotopic (exact) mass is 1180 g/mol. The van der Waals surface area contributed by atoms with Crippen molar-refractivity contribution in [1.29, 1.82) is 0 Å². The Kier molecular flexibility index (Phi) is 11.1. The van der Waals surface area contributed by atoms with Gasteiger partial charge in [-0.2, -0.15) is 0 Å². The molecule has 13 aromatic carbocycles. The van der Waals surface area contributed by atoms with E-state index >= 15 is 0 Å². The number of hydrogen-bond donors (Lipinski definition) is 0. The molecule has 3 heterocycles. The Morgan fingerprint density at radius 2 is 0.443 bits per heavy atom. The van der Waals surface area contributed by atoms with Gasteiger partial charge in [0.1, 0.15) is 0 Å². The summed E-state index contributed by atoms with van der Waals surface area (Å²) in [5.74, 6) is 0. The molecule has 16 rings (SSSR count). The van der Waals surface area contributed by atoms with Crippen LogP contribution >= 0.6 is 0 Å². The second-order valence-corrected chi connectivity index (χ2v) is 20.3. The molecule has 0 N–H and O–H groups in total. The van der Waals surface area contributed by atoms with Gasteiger partial charge in [-0.3, -0.25) is 0 Å². The Balaban J connectivity index is 0.00000541. The molecular formula is C75H42IrN3. The minimum absolute atomic E-state index is 0. The fraction of sp³-hybridized carbons (Fsp3) is 0. The fourth-order valence-electron chi connectivity index (χ4n) is 12.6. The van der Waals surface area contributed by atoms with E-state index in [0.717, 1.165) is 132 Å². The Bertz CT molecular complexity index is 4550. The summed E-state index contributed by atoms with van der Waals surface area (Å²) in [6.45, 7) is 0. The first kappa shape index (κ1) is 46.6. The van der Waals surface area contributed by atoms with Gasteiger partial charge in [-0.15, -0.1) is 70.8 Å². The summed E-state index contributed by atoms with van der Waals surface area (Å²) in [5.41, 5.74) is 16.2. The topological polar surface area (TPSA) is 38.7 Å². The zero-order valence-electron chi connectivity index (χ0n) is 42.4. The van der Waals surface area contributed by atoms with Gasteiger partial charge in [-0.25, -0.2) is 0 Å². The average molecular weight is 1180 g/mol. The molecule has 0 radical (unpaired) electrons. The first-order valence-corrected chi connectivity index (χ1v) is 26.5. The molecule has 0 atom stereocenters. The van der Waals surface area contributed by atoms with Crippen molar-refractivity contribution in [2.24, 2.45) is 0 Å². The van der Waals surface area contributed by atoms with Crippen LogP contribution in [0.15, 0.2) is 255 Å². The van der Waals surface area contributed by atoms with E-state index in [1.54, 1.807) is 0 Å². The van der Waals surface area contributed by atoms with Crippen molar-refractivity contribution in [2.45, 2.75) is 0 Å². The molecule has 16 aromatic rings. The van der Waals surface area contributed by atoms with E-state index in [2.05, 4.69) is 237 Å². The zero-order chi connectivity index (χ0) is 51.3. The summed E-state index contributed by atoms with van der Waals surface area (Å²) in [7, 11) is 0. The quantitative estimate of drug-likeness (QED) is 0.123. The normalized spacial score (nSPS) is 11.7. The predicted molar refractivity (Wildman–Crippen MR) is 327 cm³/mol. The van der Waals surface area contributed by atoms with Gasteiger partial charge in [-0.1, -0.05) is 229 Å². The smallest absolute Gasteiger partial charge is 0.304 e. The minimum Gasteiger partial charge on any atom is -0.304 e. The predicted octanol–water partition coefficient (Wildman–Crippen LogP) is 19.7. The van der Waals surface area contributed by atoms with Crippen LogP contribution in [0.25, 0.3) is 164 Å². The SMILES string of the molecule is [Ir+3].[c-]1cc(-c2ccccc2-c2cc(-c3ccccc3-c3c[c-]c4c(c3)c3ccccc3c3cccnc43)cc(-c3ccccc3-c3c[c-]c4c(c3)c3ccccc3c3cccnc43)c2)cc2c1c1ncccc1c1ccccc21. The molecule has 0 amide bonds. The van der Waals surface area contributed by atoms with E-state index in [0.29, 0.717) is 0 Å². The largest absolute Gasteiger partial charge is 3.00 e. The fourth-order valence-corrected chi connectivity index (χ4v) is 12.6. The molecule has 4 heteroatoms. The molecule has 0 aliphatic rings. The number of benzene rings is 13. The van der Waals surface area contributed by atoms with Crippen LogP contribution in [-0.4, -0.2) is 15.0 Å². The molecule has 3 nitrogen and oxygen atoms in total. The van der Waals surface area contributed by atoms with Crippen LogP contribution < -0.4 is 0 Å². The molecule has 0 saturated heterocycles. The van der Waals surface area contributed by atoms with Gasteiger partial charge in [0.15, 0.2) is 0 Å². The Hall–Kier alpha value is -9.70. The number of hydrogen-bond acceptors (Lipinski definition) is 3. The van der Waals surface area contributed by atoms with Crippen LogP contribution in [0.5, 0.6) is 0 Å². The third kappa shape index (κ3) is 7.48. The molecule has 0 saturated carbocycles. The maximum absolute atomic E-state index is 4.90. The summed E-state index contributed by atoms with van der Waals surface area (Å²) in [4.78, 5) is 14.7. The number of nitrogens with zero attached hydrogens (tertiary/aromatic N) is 3. The van der Waals surface area contributed by atoms with Gasteiger partial charge >= 0.3 is 20.1 Å². The molecule has 366 valence electrons. The van der Waals surface area contributed by atoms with E-state index in [1.807, 2.05) is 36.8 Å². The van der Waals surface area contributed by atoms with E-state index in [-0.39, 0.29) is 20.1 Å². The van der Waals surface area contributed by atoms with Gasteiger partial charge in [0.2, 0.25) is 0 Å². The Labute approximate surface area is 469 Å². The van der Waals surface area contributed by atoms with Crippen LogP contribution in [0.1, 0.15) is 0 Å². The summed E-state index contributed by atoms with van der Waals surface area (Å²) < 4.78 is 0. The van der Waals surface area contributed by atoms with Crippen LogP contribution in [0.3, 0.4) is 0 Å². The van der Waals surface area contributed by atoms with Crippen molar-refractivity contribution < 1.29 is 20.1 Å². The summed E-state index contributed by atoms with van der Waals surface area (Å²) in [6.07, 6.45) is 5.65. The van der Waals surface area contributed by atoms with Gasteiger partial charge in [-0.05, 0) is 119 Å². The van der Waals surface area contributed by atoms with Crippen molar-refractivity contribution >= 4 is 97.3 Å². The molecule has 79 heavy (non-hydrogen) atoms. The van der Waals surface area contributed by atoms with Crippen LogP contribution in [-0.2, 0) is 20.1 Å². The zero-order valence-corrected chi connectivity index (χ0v) is 44.8. The van der Waals surface area contributed by atoms with Gasteiger partial charge in [0.25, 0.3) is 0 Å². The second-order valence-electron chi connectivity index (χ2n) is 20.3. The van der Waals surface area contributed by atoms with Crippen LogP contribution in [0.4, 0.5) is 0 Å². The standard InChI is InChI=1S/C75H42N3.Ir/c1-4-19-55(52(16-1)46-31-34-67-70(43-46)61-25-10-7-22-58(61)64-28-13-37-76-73(64)67)49-40-50(56-20-5-2-17-53(56)47-32-35-68-71(44-47)62-26-11-8-23-59(62)65-29-14-38-77-74(65)68)42-51(41-49)57-21-6-3-18-54(57)48-33-36-69-72(45-48)63-27-12-9-24-60(63)66-30-15-39-78-75(66)69;/h1-33,37-45H;/q-3;+3. The molecule has 0 unspecified atom stereocenters. The summed E-state index contributed by atoms with van der Waals surface area (Å²) >= 11 is 0. The molecule has 0 aliphatic carbocycles. The van der Waals surface area contributed by atoms with Crippen molar-refractivity contribution in [3.05, 3.63) is 273 Å². The molecule has 0 fully saturated rings. The van der Waals surface area contributed by atoms with Crippen LogP contribution in [0.2, 0.25) is 0 Å². The summed E-state index contributed by atoms with van der Waals surface area (Å²) in [5, 5.41) is 17.0. The maximum atomic E-state index is 4.90. The molecule has 3 aromatic heterocycles. The maximum Gasteiger partial charge on any atom is 3.00 e. The van der Waals surface area contributed by atoms with Crippen LogP contribution in [0, 0.1) is 18.2 Å². The van der Waals surface area contributed by atoms with Gasteiger partial charge in [0.05, 0.1) is 0 Å². The van der Waals surface area contributed by atoms with Crippen molar-refractivity contribution in [2.75, 3.05) is 0 Å². The van der Waals surface area contributed by atoms with E-state index in [1.165, 1.54) is 32.3 Å². The van der Waals surface area contributed by atoms with E-state index < -0.39 is 0 Å². The van der Waals surface area contributed by atoms with E-state index in [9.17, 15) is 0 Å². The first-order valence-electron chi connectivity index (χ1n) is 26.5. The van der Waals surface area contributed by atoms with Crippen molar-refractivity contribution in [3.63, 3.8) is 0 Å². The third-order valence-corrected chi connectivity index (χ3v) is 16.1. The Morgan fingerprint density at radius 1 is 0.215 bits per heavy atom. The van der Waals surface area contributed by atoms with Gasteiger partial charge < -0.3 is 15.0 Å². The molecular weight excluding hydrogens is 1140 g/mol. The third-order valence-electron chi connectivity index (χ3n) is 16.1. The number of fused-ring (bicyclic) bond motifs is 18.